The monoisotopic (exact) mass is 382 g/mol. The van der Waals surface area contributed by atoms with Crippen LogP contribution < -0.4 is 10.6 Å². The van der Waals surface area contributed by atoms with Crippen LogP contribution in [0.5, 0.6) is 0 Å². The second-order valence-electron chi connectivity index (χ2n) is 6.18. The lowest BCUT2D eigenvalue weighted by Gasteiger charge is -2.23. The van der Waals surface area contributed by atoms with Crippen LogP contribution in [0.15, 0.2) is 53.5 Å². The number of aryl methyl sites for hydroxylation is 1. The summed E-state index contributed by atoms with van der Waals surface area (Å²) >= 11 is 4.75. The molecule has 1 rings (SSSR count). The molecule has 0 saturated heterocycles. The molecule has 0 fully saturated rings. The molecule has 3 nitrogen and oxygen atoms in total. The van der Waals surface area contributed by atoms with Gasteiger partial charge in [-0.05, 0) is 48.8 Å². The second kappa shape index (κ2) is 13.0. The maximum absolute atomic E-state index is 11.9. The summed E-state index contributed by atoms with van der Waals surface area (Å²) in [6, 6.07) is 8.34. The number of thiol groups is 1. The van der Waals surface area contributed by atoms with Crippen LogP contribution in [0.3, 0.4) is 0 Å². The molecule has 0 aromatic heterocycles. The summed E-state index contributed by atoms with van der Waals surface area (Å²) in [6.45, 7) is 7.33. The first-order chi connectivity index (χ1) is 13.0. The summed E-state index contributed by atoms with van der Waals surface area (Å²) in [4.78, 5) is 12.9. The van der Waals surface area contributed by atoms with Crippen molar-refractivity contribution in [3.05, 3.63) is 64.6 Å². The predicted molar refractivity (Wildman–Crippen MR) is 120 cm³/mol. The highest BCUT2D eigenvalue weighted by atomic mass is 32.1. The summed E-state index contributed by atoms with van der Waals surface area (Å²) in [6.07, 6.45) is 14.1. The van der Waals surface area contributed by atoms with Gasteiger partial charge in [-0.3, -0.25) is 10.1 Å². The Labute approximate surface area is 169 Å². The summed E-state index contributed by atoms with van der Waals surface area (Å²) in [5.74, 6) is 2.51. The quantitative estimate of drug-likeness (QED) is 0.246. The normalized spacial score (nSPS) is 13.4. The van der Waals surface area contributed by atoms with Crippen molar-refractivity contribution in [2.45, 2.75) is 27.2 Å². The van der Waals surface area contributed by atoms with Gasteiger partial charge in [0.1, 0.15) is 0 Å². The van der Waals surface area contributed by atoms with Gasteiger partial charge in [0.2, 0.25) is 5.91 Å². The molecule has 0 spiro atoms. The molecule has 0 heterocycles. The predicted octanol–water partition coefficient (Wildman–Crippen LogP) is 4.13. The number of rotatable bonds is 10. The Balaban J connectivity index is 2.92. The minimum atomic E-state index is -0.0555. The van der Waals surface area contributed by atoms with Gasteiger partial charge in [0, 0.05) is 12.5 Å². The molecule has 144 valence electrons. The third-order valence-corrected chi connectivity index (χ3v) is 4.69. The van der Waals surface area contributed by atoms with Gasteiger partial charge in [-0.25, -0.2) is 0 Å². The van der Waals surface area contributed by atoms with Crippen molar-refractivity contribution in [2.24, 2.45) is 5.92 Å². The molecule has 27 heavy (non-hydrogen) atoms. The lowest BCUT2D eigenvalue weighted by Crippen LogP contribution is -2.35. The van der Waals surface area contributed by atoms with E-state index in [2.05, 4.69) is 47.8 Å². The number of hydrogen-bond acceptors (Lipinski definition) is 3. The van der Waals surface area contributed by atoms with Crippen molar-refractivity contribution < 1.29 is 4.79 Å². The van der Waals surface area contributed by atoms with E-state index in [9.17, 15) is 4.79 Å². The third kappa shape index (κ3) is 7.90. The Morgan fingerprint density at radius 1 is 1.33 bits per heavy atom. The SMILES string of the molecule is C#CCNCC(=O)NCCC(/C(S)=C/C=C\C)/C(=C/C)c1ccccc1C. The van der Waals surface area contributed by atoms with Crippen LogP contribution in [-0.4, -0.2) is 25.5 Å². The first-order valence-corrected chi connectivity index (χ1v) is 9.64. The molecular formula is C23H30N2OS. The minimum Gasteiger partial charge on any atom is -0.355 e. The molecule has 4 heteroatoms. The molecule has 0 bridgehead atoms. The molecular weight excluding hydrogens is 352 g/mol. The number of nitrogens with one attached hydrogen (secondary N) is 2. The van der Waals surface area contributed by atoms with Crippen LogP contribution >= 0.6 is 12.6 Å². The van der Waals surface area contributed by atoms with Crippen LogP contribution in [0.2, 0.25) is 0 Å². The Morgan fingerprint density at radius 2 is 2.07 bits per heavy atom. The van der Waals surface area contributed by atoms with Crippen molar-refractivity contribution in [1.29, 1.82) is 0 Å². The highest BCUT2D eigenvalue weighted by Crippen LogP contribution is 2.35. The van der Waals surface area contributed by atoms with E-state index in [0.717, 1.165) is 11.3 Å². The van der Waals surface area contributed by atoms with E-state index >= 15 is 0 Å². The maximum atomic E-state index is 11.9. The summed E-state index contributed by atoms with van der Waals surface area (Å²) < 4.78 is 0. The largest absolute Gasteiger partial charge is 0.355 e. The average Bonchev–Trinajstić information content (AvgIpc) is 2.66. The Kier molecular flexibility index (Phi) is 11.0. The van der Waals surface area contributed by atoms with E-state index < -0.39 is 0 Å². The zero-order chi connectivity index (χ0) is 20.1. The zero-order valence-electron chi connectivity index (χ0n) is 16.5. The standard InChI is InChI=1S/C23H30N2OS/c1-5-8-13-22(27)21(14-16-25-23(26)17-24-15-6-2)19(7-3)20-12-10-9-11-18(20)4/h2,5,7-13,21,24,27H,14-17H2,1,3-4H3,(H,25,26)/b8-5-,19-7+,22-13-. The molecule has 0 radical (unpaired) electrons. The molecule has 1 aromatic rings. The van der Waals surface area contributed by atoms with Crippen molar-refractivity contribution >= 4 is 24.1 Å². The summed E-state index contributed by atoms with van der Waals surface area (Å²) in [5, 5.41) is 5.85. The Hall–Kier alpha value is -2.22. The van der Waals surface area contributed by atoms with Gasteiger partial charge < -0.3 is 5.32 Å². The number of benzene rings is 1. The fraction of sp³-hybridized carbons (Fsp3) is 0.348. The second-order valence-corrected chi connectivity index (χ2v) is 6.69. The van der Waals surface area contributed by atoms with Gasteiger partial charge in [-0.15, -0.1) is 19.1 Å². The van der Waals surface area contributed by atoms with Crippen LogP contribution in [0, 0.1) is 25.2 Å². The smallest absolute Gasteiger partial charge is 0.233 e. The van der Waals surface area contributed by atoms with Gasteiger partial charge in [0.25, 0.3) is 0 Å². The number of terminal acetylenes is 1. The van der Waals surface area contributed by atoms with Crippen molar-refractivity contribution in [1.82, 2.24) is 10.6 Å². The molecule has 2 N–H and O–H groups in total. The van der Waals surface area contributed by atoms with Crippen LogP contribution in [0.25, 0.3) is 5.57 Å². The molecule has 1 aromatic carbocycles. The highest BCUT2D eigenvalue weighted by Gasteiger charge is 2.19. The number of hydrogen-bond donors (Lipinski definition) is 3. The van der Waals surface area contributed by atoms with Crippen molar-refractivity contribution in [3.63, 3.8) is 0 Å². The molecule has 0 aliphatic carbocycles. The molecule has 0 saturated carbocycles. The average molecular weight is 383 g/mol. The molecule has 0 aliphatic rings. The van der Waals surface area contributed by atoms with Gasteiger partial charge in [-0.1, -0.05) is 54.5 Å². The third-order valence-electron chi connectivity index (χ3n) is 4.23. The number of allylic oxidation sites excluding steroid dienone is 6. The van der Waals surface area contributed by atoms with Crippen LogP contribution in [-0.2, 0) is 4.79 Å². The molecule has 1 unspecified atom stereocenters. The minimum absolute atomic E-state index is 0.0555. The van der Waals surface area contributed by atoms with Gasteiger partial charge >= 0.3 is 0 Å². The topological polar surface area (TPSA) is 41.1 Å². The van der Waals surface area contributed by atoms with Crippen LogP contribution in [0.1, 0.15) is 31.4 Å². The molecule has 0 aliphatic heterocycles. The Bertz CT molecular complexity index is 741. The molecule has 1 amide bonds. The Morgan fingerprint density at radius 3 is 2.70 bits per heavy atom. The van der Waals surface area contributed by atoms with Gasteiger partial charge in [-0.2, -0.15) is 0 Å². The van der Waals surface area contributed by atoms with Crippen molar-refractivity contribution in [3.8, 4) is 12.3 Å². The van der Waals surface area contributed by atoms with E-state index in [4.69, 9.17) is 19.1 Å². The summed E-state index contributed by atoms with van der Waals surface area (Å²) in [5.41, 5.74) is 3.66. The number of carbonyl (C=O) groups excluding carboxylic acids is 1. The maximum Gasteiger partial charge on any atom is 0.233 e. The van der Waals surface area contributed by atoms with E-state index in [-0.39, 0.29) is 18.4 Å². The van der Waals surface area contributed by atoms with E-state index in [1.807, 2.05) is 38.1 Å². The first kappa shape index (κ1) is 22.8. The summed E-state index contributed by atoms with van der Waals surface area (Å²) in [7, 11) is 0. The molecule has 1 atom stereocenters. The van der Waals surface area contributed by atoms with Crippen molar-refractivity contribution in [2.75, 3.05) is 19.6 Å². The van der Waals surface area contributed by atoms with Crippen LogP contribution in [0.4, 0.5) is 0 Å². The lowest BCUT2D eigenvalue weighted by atomic mass is 9.86. The van der Waals surface area contributed by atoms with E-state index in [1.54, 1.807) is 0 Å². The fourth-order valence-electron chi connectivity index (χ4n) is 2.88. The number of carbonyl (C=O) groups is 1. The lowest BCUT2D eigenvalue weighted by molar-refractivity contribution is -0.120. The first-order valence-electron chi connectivity index (χ1n) is 9.20. The zero-order valence-corrected chi connectivity index (χ0v) is 17.4. The van der Waals surface area contributed by atoms with Gasteiger partial charge in [0.05, 0.1) is 13.1 Å². The fourth-order valence-corrected chi connectivity index (χ4v) is 3.24. The highest BCUT2D eigenvalue weighted by molar-refractivity contribution is 7.84. The van der Waals surface area contributed by atoms with E-state index in [0.29, 0.717) is 13.1 Å². The van der Waals surface area contributed by atoms with Gasteiger partial charge in [0.15, 0.2) is 0 Å². The number of amides is 1. The van der Waals surface area contributed by atoms with E-state index in [1.165, 1.54) is 16.7 Å².